The number of nitrogens with zero attached hydrogens (tertiary/aromatic N) is 4. The number of carboxylic acids is 1. The lowest BCUT2D eigenvalue weighted by atomic mass is 9.95. The number of aliphatic imine (C=N–C) groups is 1. The molecule has 2 N–H and O–H groups in total. The molecule has 2 aliphatic rings. The van der Waals surface area contributed by atoms with Gasteiger partial charge in [0.2, 0.25) is 5.96 Å². The number of halogens is 2. The average molecular weight is 536 g/mol. The van der Waals surface area contributed by atoms with Crippen LogP contribution in [-0.4, -0.2) is 76.6 Å². The Labute approximate surface area is 203 Å². The molecule has 2 aromatic rings. The van der Waals surface area contributed by atoms with Gasteiger partial charge in [0.05, 0.1) is 18.8 Å². The van der Waals surface area contributed by atoms with E-state index in [-0.39, 0.29) is 31.9 Å². The van der Waals surface area contributed by atoms with Crippen molar-refractivity contribution in [2.45, 2.75) is 19.1 Å². The number of hydrogen-bond acceptors (Lipinski definition) is 8. The number of carbonyl (C=O) groups excluding carboxylic acids is 1. The highest BCUT2D eigenvalue weighted by atomic mass is 79.9. The normalized spacial score (nSPS) is 21.1. The summed E-state index contributed by atoms with van der Waals surface area (Å²) in [4.78, 5) is 31.2. The van der Waals surface area contributed by atoms with Gasteiger partial charge in [0.1, 0.15) is 11.9 Å². The molecule has 3 heterocycles. The Balaban J connectivity index is 1.79. The lowest BCUT2D eigenvalue weighted by Crippen LogP contribution is -2.49. The Morgan fingerprint density at radius 1 is 1.41 bits per heavy atom. The standard InChI is InChI=1S/C22H23BrFN5O5/c1-2-33-21(32)18-16(11-28-8-9-34-17(12-28)20(30)31)26-22(29-7-3-6-25-29)27-19(18)14-5-4-13(24)10-15(14)23/h3-7,10,17,19H,2,8-9,11-12H2,1H3,(H,26,27)(H,30,31). The number of hydrogen-bond donors (Lipinski definition) is 2. The number of nitrogens with one attached hydrogen (secondary N) is 1. The molecule has 0 radical (unpaired) electrons. The molecule has 10 nitrogen and oxygen atoms in total. The number of benzene rings is 1. The van der Waals surface area contributed by atoms with E-state index >= 15 is 0 Å². The summed E-state index contributed by atoms with van der Waals surface area (Å²) < 4.78 is 26.4. The fraction of sp³-hybridized carbons (Fsp3) is 0.364. The Bertz CT molecular complexity index is 1140. The molecule has 0 saturated carbocycles. The van der Waals surface area contributed by atoms with Gasteiger partial charge in [0, 0.05) is 42.2 Å². The molecule has 1 saturated heterocycles. The van der Waals surface area contributed by atoms with Crippen LogP contribution in [0.5, 0.6) is 0 Å². The van der Waals surface area contributed by atoms with Gasteiger partial charge < -0.3 is 19.9 Å². The van der Waals surface area contributed by atoms with E-state index in [0.717, 1.165) is 0 Å². The van der Waals surface area contributed by atoms with E-state index in [2.05, 4.69) is 26.3 Å². The van der Waals surface area contributed by atoms with Crippen LogP contribution >= 0.6 is 15.9 Å². The third-order valence-electron chi connectivity index (χ3n) is 5.39. The van der Waals surface area contributed by atoms with E-state index in [1.807, 2.05) is 4.90 Å². The summed E-state index contributed by atoms with van der Waals surface area (Å²) in [5.41, 5.74) is 1.31. The summed E-state index contributed by atoms with van der Waals surface area (Å²) in [6, 6.07) is 5.08. The molecule has 12 heteroatoms. The minimum Gasteiger partial charge on any atom is -0.479 e. The first-order valence-electron chi connectivity index (χ1n) is 10.6. The van der Waals surface area contributed by atoms with E-state index in [1.165, 1.54) is 16.8 Å². The van der Waals surface area contributed by atoms with Crippen LogP contribution in [0.3, 0.4) is 0 Å². The third-order valence-corrected chi connectivity index (χ3v) is 6.08. The highest BCUT2D eigenvalue weighted by Gasteiger charge is 2.35. The number of ether oxygens (including phenoxy) is 2. The van der Waals surface area contributed by atoms with E-state index in [0.29, 0.717) is 28.2 Å². The van der Waals surface area contributed by atoms with Crippen LogP contribution in [-0.2, 0) is 19.1 Å². The van der Waals surface area contributed by atoms with Crippen molar-refractivity contribution < 1.29 is 28.6 Å². The van der Waals surface area contributed by atoms with E-state index in [1.54, 1.807) is 31.5 Å². The molecule has 0 amide bonds. The molecule has 1 aromatic carbocycles. The highest BCUT2D eigenvalue weighted by molar-refractivity contribution is 9.10. The molecule has 4 rings (SSSR count). The molecule has 0 spiro atoms. The Hall–Kier alpha value is -3.09. The lowest BCUT2D eigenvalue weighted by Gasteiger charge is -2.34. The fourth-order valence-corrected chi connectivity index (χ4v) is 4.40. The van der Waals surface area contributed by atoms with Gasteiger partial charge in [-0.2, -0.15) is 5.10 Å². The van der Waals surface area contributed by atoms with Crippen molar-refractivity contribution in [3.63, 3.8) is 0 Å². The third kappa shape index (κ3) is 5.18. The number of morpholine rings is 1. The van der Waals surface area contributed by atoms with Gasteiger partial charge in [-0.05, 0) is 30.7 Å². The second-order valence-electron chi connectivity index (χ2n) is 7.64. The maximum absolute atomic E-state index is 13.8. The molecule has 34 heavy (non-hydrogen) atoms. The Kier molecular flexibility index (Phi) is 7.39. The molecule has 1 aromatic heterocycles. The van der Waals surface area contributed by atoms with Gasteiger partial charge in [0.15, 0.2) is 6.10 Å². The summed E-state index contributed by atoms with van der Waals surface area (Å²) in [6.07, 6.45) is 2.33. The number of esters is 1. The van der Waals surface area contributed by atoms with Gasteiger partial charge in [-0.15, -0.1) is 0 Å². The number of carboxylic acid groups (broad SMARTS) is 1. The largest absolute Gasteiger partial charge is 0.479 e. The van der Waals surface area contributed by atoms with Crippen molar-refractivity contribution in [2.75, 3.05) is 32.8 Å². The lowest BCUT2D eigenvalue weighted by molar-refractivity contribution is -0.155. The molecule has 2 unspecified atom stereocenters. The van der Waals surface area contributed by atoms with Crippen molar-refractivity contribution in [1.82, 2.24) is 20.0 Å². The summed E-state index contributed by atoms with van der Waals surface area (Å²) in [6.45, 7) is 2.94. The van der Waals surface area contributed by atoms with Gasteiger partial charge in [-0.3, -0.25) is 4.90 Å². The van der Waals surface area contributed by atoms with Crippen LogP contribution < -0.4 is 5.32 Å². The summed E-state index contributed by atoms with van der Waals surface area (Å²) in [5.74, 6) is -1.70. The van der Waals surface area contributed by atoms with Crippen molar-refractivity contribution >= 4 is 33.8 Å². The van der Waals surface area contributed by atoms with Gasteiger partial charge in [-0.1, -0.05) is 22.0 Å². The minimum absolute atomic E-state index is 0.149. The van der Waals surface area contributed by atoms with Crippen LogP contribution in [0.1, 0.15) is 18.5 Å². The Morgan fingerprint density at radius 3 is 2.91 bits per heavy atom. The summed E-state index contributed by atoms with van der Waals surface area (Å²) in [7, 11) is 0. The number of carbonyl (C=O) groups is 2. The number of rotatable bonds is 6. The molecule has 2 aliphatic heterocycles. The van der Waals surface area contributed by atoms with Crippen LogP contribution in [0.15, 0.2) is 57.4 Å². The zero-order chi connectivity index (χ0) is 24.2. The average Bonchev–Trinajstić information content (AvgIpc) is 3.34. The monoisotopic (exact) mass is 535 g/mol. The maximum atomic E-state index is 13.8. The first kappa shape index (κ1) is 24.0. The van der Waals surface area contributed by atoms with E-state index in [4.69, 9.17) is 14.5 Å². The maximum Gasteiger partial charge on any atom is 0.338 e. The second-order valence-corrected chi connectivity index (χ2v) is 8.50. The smallest absolute Gasteiger partial charge is 0.338 e. The molecular weight excluding hydrogens is 513 g/mol. The topological polar surface area (TPSA) is 118 Å². The van der Waals surface area contributed by atoms with Crippen molar-refractivity contribution in [3.05, 3.63) is 63.8 Å². The molecule has 2 atom stereocenters. The quantitative estimate of drug-likeness (QED) is 0.538. The molecule has 180 valence electrons. The van der Waals surface area contributed by atoms with Crippen molar-refractivity contribution in [1.29, 1.82) is 0 Å². The molecular formula is C22H23BrFN5O5. The predicted octanol–water partition coefficient (Wildman–Crippen LogP) is 1.94. The van der Waals surface area contributed by atoms with Crippen LogP contribution in [0.4, 0.5) is 4.39 Å². The molecule has 1 fully saturated rings. The Morgan fingerprint density at radius 2 is 2.24 bits per heavy atom. The minimum atomic E-state index is -1.05. The molecule has 0 aliphatic carbocycles. The zero-order valence-electron chi connectivity index (χ0n) is 18.3. The second kappa shape index (κ2) is 10.5. The first-order chi connectivity index (χ1) is 16.4. The van der Waals surface area contributed by atoms with Crippen LogP contribution in [0, 0.1) is 5.82 Å². The van der Waals surface area contributed by atoms with Gasteiger partial charge >= 0.3 is 11.9 Å². The summed E-state index contributed by atoms with van der Waals surface area (Å²) >= 11 is 3.39. The van der Waals surface area contributed by atoms with E-state index in [9.17, 15) is 19.1 Å². The van der Waals surface area contributed by atoms with Crippen LogP contribution in [0.25, 0.3) is 0 Å². The molecule has 0 bridgehead atoms. The van der Waals surface area contributed by atoms with E-state index < -0.39 is 29.9 Å². The zero-order valence-corrected chi connectivity index (χ0v) is 19.9. The highest BCUT2D eigenvalue weighted by Crippen LogP contribution is 2.36. The number of aliphatic carboxylic acids is 1. The number of aromatic nitrogens is 2. The SMILES string of the molecule is CCOC(=O)C1=C(CN2CCOC(C(=O)O)C2)NC(n2cccn2)=NC1c1ccc(F)cc1Br. The predicted molar refractivity (Wildman–Crippen MR) is 123 cm³/mol. The van der Waals surface area contributed by atoms with Crippen LogP contribution in [0.2, 0.25) is 0 Å². The first-order valence-corrected chi connectivity index (χ1v) is 11.4. The van der Waals surface area contributed by atoms with Crippen molar-refractivity contribution in [3.8, 4) is 0 Å². The summed E-state index contributed by atoms with van der Waals surface area (Å²) in [5, 5.41) is 16.8. The van der Waals surface area contributed by atoms with Crippen molar-refractivity contribution in [2.24, 2.45) is 4.99 Å². The van der Waals surface area contributed by atoms with Gasteiger partial charge in [-0.25, -0.2) is 23.7 Å². The van der Waals surface area contributed by atoms with Gasteiger partial charge in [0.25, 0.3) is 0 Å². The fourth-order valence-electron chi connectivity index (χ4n) is 3.83.